The third-order valence-corrected chi connectivity index (χ3v) is 3.38. The van der Waals surface area contributed by atoms with Crippen LogP contribution in [0.3, 0.4) is 0 Å². The molecule has 0 N–H and O–H groups in total. The number of aryl methyl sites for hydroxylation is 1. The van der Waals surface area contributed by atoms with E-state index in [1.807, 2.05) is 49.4 Å². The molecule has 3 heteroatoms. The number of hydrogen-bond acceptors (Lipinski definition) is 3. The molecule has 3 aromatic rings. The highest BCUT2D eigenvalue weighted by molar-refractivity contribution is 5.94. The Morgan fingerprint density at radius 1 is 1.09 bits per heavy atom. The summed E-state index contributed by atoms with van der Waals surface area (Å²) in [5, 5.41) is 1.00. The smallest absolute Gasteiger partial charge is 0.336 e. The van der Waals surface area contributed by atoms with Crippen molar-refractivity contribution < 1.29 is 13.9 Å². The predicted molar refractivity (Wildman–Crippen MR) is 86.7 cm³/mol. The monoisotopic (exact) mass is 292 g/mol. The van der Waals surface area contributed by atoms with E-state index in [1.165, 1.54) is 6.08 Å². The molecule has 0 amide bonds. The molecular formula is C19H16O3. The average molecular weight is 292 g/mol. The largest absolute Gasteiger partial charge is 0.460 e. The molecule has 1 heterocycles. The van der Waals surface area contributed by atoms with Gasteiger partial charge in [0.05, 0.1) is 0 Å². The van der Waals surface area contributed by atoms with E-state index in [2.05, 4.69) is 0 Å². The highest BCUT2D eigenvalue weighted by Crippen LogP contribution is 2.27. The Balaban J connectivity index is 1.84. The summed E-state index contributed by atoms with van der Waals surface area (Å²) in [6.45, 7) is 2.03. The Morgan fingerprint density at radius 3 is 2.59 bits per heavy atom. The lowest BCUT2D eigenvalue weighted by Crippen LogP contribution is -2.03. The Hall–Kier alpha value is -2.81. The molecule has 0 radical (unpaired) electrons. The SMILES string of the molecule is CCc1oc2ccccc2c1/C=C/C(=O)Oc1ccccc1. The number of furan rings is 1. The van der Waals surface area contributed by atoms with Gasteiger partial charge in [0.1, 0.15) is 17.1 Å². The Bertz CT molecular complexity index is 813. The predicted octanol–water partition coefficient (Wildman–Crippen LogP) is 4.61. The van der Waals surface area contributed by atoms with Crippen LogP contribution in [-0.2, 0) is 11.2 Å². The number of rotatable bonds is 4. The molecule has 2 aromatic carbocycles. The first-order chi connectivity index (χ1) is 10.8. The molecule has 0 saturated heterocycles. The zero-order chi connectivity index (χ0) is 15.4. The molecule has 110 valence electrons. The average Bonchev–Trinajstić information content (AvgIpc) is 2.91. The highest BCUT2D eigenvalue weighted by atomic mass is 16.5. The minimum Gasteiger partial charge on any atom is -0.460 e. The van der Waals surface area contributed by atoms with Crippen molar-refractivity contribution in [3.63, 3.8) is 0 Å². The van der Waals surface area contributed by atoms with Crippen LogP contribution >= 0.6 is 0 Å². The summed E-state index contributed by atoms with van der Waals surface area (Å²) in [6.07, 6.45) is 3.96. The summed E-state index contributed by atoms with van der Waals surface area (Å²) in [5.41, 5.74) is 1.76. The molecule has 0 spiro atoms. The van der Waals surface area contributed by atoms with E-state index in [9.17, 15) is 4.79 Å². The minimum absolute atomic E-state index is 0.404. The van der Waals surface area contributed by atoms with Crippen molar-refractivity contribution in [3.8, 4) is 5.75 Å². The molecule has 3 nitrogen and oxygen atoms in total. The third kappa shape index (κ3) is 2.93. The molecule has 1 aromatic heterocycles. The van der Waals surface area contributed by atoms with Crippen molar-refractivity contribution in [2.24, 2.45) is 0 Å². The summed E-state index contributed by atoms with van der Waals surface area (Å²) in [4.78, 5) is 11.9. The lowest BCUT2D eigenvalue weighted by Gasteiger charge is -1.99. The van der Waals surface area contributed by atoms with Crippen LogP contribution in [0.4, 0.5) is 0 Å². The quantitative estimate of drug-likeness (QED) is 0.400. The van der Waals surface area contributed by atoms with Crippen molar-refractivity contribution in [3.05, 3.63) is 72.0 Å². The fourth-order valence-corrected chi connectivity index (χ4v) is 2.35. The van der Waals surface area contributed by atoms with Crippen LogP contribution in [0.5, 0.6) is 5.75 Å². The molecule has 0 unspecified atom stereocenters. The van der Waals surface area contributed by atoms with E-state index in [4.69, 9.17) is 9.15 Å². The van der Waals surface area contributed by atoms with Crippen LogP contribution < -0.4 is 4.74 Å². The van der Waals surface area contributed by atoms with Gasteiger partial charge < -0.3 is 9.15 Å². The summed E-state index contributed by atoms with van der Waals surface area (Å²) >= 11 is 0. The van der Waals surface area contributed by atoms with Crippen molar-refractivity contribution in [1.29, 1.82) is 0 Å². The van der Waals surface area contributed by atoms with Crippen LogP contribution in [0, 0.1) is 0 Å². The Morgan fingerprint density at radius 2 is 1.82 bits per heavy atom. The lowest BCUT2D eigenvalue weighted by molar-refractivity contribution is -0.128. The highest BCUT2D eigenvalue weighted by Gasteiger charge is 2.10. The standard InChI is InChI=1S/C19H16O3/c1-2-17-16(15-10-6-7-11-18(15)22-17)12-13-19(20)21-14-8-4-3-5-9-14/h3-13H,2H2,1H3/b13-12+. The summed E-state index contributed by atoms with van der Waals surface area (Å²) in [6, 6.07) is 16.8. The van der Waals surface area contributed by atoms with E-state index >= 15 is 0 Å². The molecule has 0 aliphatic heterocycles. The van der Waals surface area contributed by atoms with Crippen LogP contribution in [-0.4, -0.2) is 5.97 Å². The number of benzene rings is 2. The van der Waals surface area contributed by atoms with Crippen molar-refractivity contribution in [1.82, 2.24) is 0 Å². The first-order valence-electron chi connectivity index (χ1n) is 7.23. The van der Waals surface area contributed by atoms with Crippen molar-refractivity contribution >= 4 is 23.0 Å². The summed E-state index contributed by atoms with van der Waals surface area (Å²) < 4.78 is 11.0. The van der Waals surface area contributed by atoms with Gasteiger partial charge >= 0.3 is 5.97 Å². The molecule has 0 aliphatic rings. The minimum atomic E-state index is -0.404. The van der Waals surface area contributed by atoms with E-state index < -0.39 is 5.97 Å². The number of fused-ring (bicyclic) bond motifs is 1. The molecule has 0 atom stereocenters. The van der Waals surface area contributed by atoms with Gasteiger partial charge in [0.15, 0.2) is 0 Å². The summed E-state index contributed by atoms with van der Waals surface area (Å²) in [7, 11) is 0. The lowest BCUT2D eigenvalue weighted by atomic mass is 10.1. The third-order valence-electron chi connectivity index (χ3n) is 3.38. The molecular weight excluding hydrogens is 276 g/mol. The second kappa shape index (κ2) is 6.31. The number of hydrogen-bond donors (Lipinski definition) is 0. The van der Waals surface area contributed by atoms with Crippen molar-refractivity contribution in [2.45, 2.75) is 13.3 Å². The molecule has 0 aliphatic carbocycles. The van der Waals surface area contributed by atoms with E-state index in [0.29, 0.717) is 5.75 Å². The fraction of sp³-hybridized carbons (Fsp3) is 0.105. The fourth-order valence-electron chi connectivity index (χ4n) is 2.35. The summed E-state index contributed by atoms with van der Waals surface area (Å²) in [5.74, 6) is 0.994. The normalized spacial score (nSPS) is 11.1. The maximum Gasteiger partial charge on any atom is 0.336 e. The first kappa shape index (κ1) is 14.1. The van der Waals surface area contributed by atoms with Gasteiger partial charge in [-0.1, -0.05) is 43.3 Å². The number of esters is 1. The van der Waals surface area contributed by atoms with Crippen LogP contribution in [0.25, 0.3) is 17.0 Å². The van der Waals surface area contributed by atoms with Crippen LogP contribution in [0.1, 0.15) is 18.2 Å². The number of carbonyl (C=O) groups is 1. The molecule has 0 saturated carbocycles. The second-order valence-corrected chi connectivity index (χ2v) is 4.86. The van der Waals surface area contributed by atoms with Crippen molar-refractivity contribution in [2.75, 3.05) is 0 Å². The van der Waals surface area contributed by atoms with E-state index in [0.717, 1.165) is 28.7 Å². The van der Waals surface area contributed by atoms with Gasteiger partial charge in [-0.2, -0.15) is 0 Å². The van der Waals surface area contributed by atoms with Gasteiger partial charge in [0, 0.05) is 23.4 Å². The van der Waals surface area contributed by atoms with Gasteiger partial charge in [0.25, 0.3) is 0 Å². The molecule has 3 rings (SSSR count). The van der Waals surface area contributed by atoms with Gasteiger partial charge in [-0.25, -0.2) is 4.79 Å². The molecule has 0 bridgehead atoms. The Labute approximate surface area is 128 Å². The number of ether oxygens (including phenoxy) is 1. The molecule has 0 fully saturated rings. The molecule has 22 heavy (non-hydrogen) atoms. The van der Waals surface area contributed by atoms with Crippen LogP contribution in [0.15, 0.2) is 65.1 Å². The maximum absolute atomic E-state index is 11.9. The van der Waals surface area contributed by atoms with Gasteiger partial charge in [-0.3, -0.25) is 0 Å². The number of carbonyl (C=O) groups excluding carboxylic acids is 1. The van der Waals surface area contributed by atoms with Gasteiger partial charge in [-0.15, -0.1) is 0 Å². The van der Waals surface area contributed by atoms with Gasteiger partial charge in [0.2, 0.25) is 0 Å². The second-order valence-electron chi connectivity index (χ2n) is 4.86. The first-order valence-corrected chi connectivity index (χ1v) is 7.23. The van der Waals surface area contributed by atoms with E-state index in [1.54, 1.807) is 18.2 Å². The van der Waals surface area contributed by atoms with Crippen LogP contribution in [0.2, 0.25) is 0 Å². The maximum atomic E-state index is 11.9. The van der Waals surface area contributed by atoms with Gasteiger partial charge in [-0.05, 0) is 24.3 Å². The topological polar surface area (TPSA) is 39.4 Å². The Kier molecular flexibility index (Phi) is 4.05. The zero-order valence-corrected chi connectivity index (χ0v) is 12.3. The number of para-hydroxylation sites is 2. The zero-order valence-electron chi connectivity index (χ0n) is 12.3. The van der Waals surface area contributed by atoms with E-state index in [-0.39, 0.29) is 0 Å².